The summed E-state index contributed by atoms with van der Waals surface area (Å²) in [7, 11) is 6.11. The van der Waals surface area contributed by atoms with Crippen molar-refractivity contribution in [1.29, 1.82) is 0 Å². The minimum absolute atomic E-state index is 0.0412. The highest BCUT2D eigenvalue weighted by molar-refractivity contribution is 5.95. The first-order valence-corrected chi connectivity index (χ1v) is 8.85. The van der Waals surface area contributed by atoms with Crippen molar-refractivity contribution in [2.24, 2.45) is 0 Å². The van der Waals surface area contributed by atoms with E-state index in [1.807, 2.05) is 32.0 Å². The van der Waals surface area contributed by atoms with Gasteiger partial charge in [-0.2, -0.15) is 0 Å². The lowest BCUT2D eigenvalue weighted by Crippen LogP contribution is -2.23. The highest BCUT2D eigenvalue weighted by Crippen LogP contribution is 2.38. The van der Waals surface area contributed by atoms with Crippen molar-refractivity contribution >= 4 is 5.91 Å². The Morgan fingerprint density at radius 2 is 1.46 bits per heavy atom. The van der Waals surface area contributed by atoms with Crippen molar-refractivity contribution in [1.82, 2.24) is 5.32 Å². The maximum absolute atomic E-state index is 12.6. The van der Waals surface area contributed by atoms with Gasteiger partial charge in [-0.25, -0.2) is 0 Å². The zero-order valence-electron chi connectivity index (χ0n) is 17.1. The number of hydrogen-bond acceptors (Lipinski definition) is 6. The van der Waals surface area contributed by atoms with Crippen LogP contribution in [0.4, 0.5) is 0 Å². The molecule has 0 aliphatic heterocycles. The number of carbonyl (C=O) groups excluding carboxylic acids is 1. The summed E-state index contributed by atoms with van der Waals surface area (Å²) in [5.74, 6) is 2.30. The third-order valence-electron chi connectivity index (χ3n) is 3.97. The second kappa shape index (κ2) is 9.73. The molecule has 0 radical (unpaired) electrons. The number of benzene rings is 2. The molecule has 0 fully saturated rings. The fourth-order valence-corrected chi connectivity index (χ4v) is 2.67. The Morgan fingerprint density at radius 3 is 1.96 bits per heavy atom. The van der Waals surface area contributed by atoms with Crippen molar-refractivity contribution in [2.75, 3.05) is 28.4 Å². The SMILES string of the molecule is COc1cc(CNC(=O)c2cc(OC)c(OC)c(OC)c2)ccc1OC(C)C. The Bertz CT molecular complexity index is 794. The second-order valence-corrected chi connectivity index (χ2v) is 6.25. The number of nitrogens with one attached hydrogen (secondary N) is 1. The fourth-order valence-electron chi connectivity index (χ4n) is 2.67. The summed E-state index contributed by atoms with van der Waals surface area (Å²) in [4.78, 5) is 12.6. The minimum Gasteiger partial charge on any atom is -0.493 e. The van der Waals surface area contributed by atoms with Crippen LogP contribution >= 0.6 is 0 Å². The average Bonchev–Trinajstić information content (AvgIpc) is 2.70. The second-order valence-electron chi connectivity index (χ2n) is 6.25. The summed E-state index contributed by atoms with van der Waals surface area (Å²) >= 11 is 0. The van der Waals surface area contributed by atoms with Crippen molar-refractivity contribution in [3.8, 4) is 28.7 Å². The molecule has 0 saturated carbocycles. The van der Waals surface area contributed by atoms with Crippen molar-refractivity contribution in [3.63, 3.8) is 0 Å². The van der Waals surface area contributed by atoms with Gasteiger partial charge in [-0.05, 0) is 43.7 Å². The van der Waals surface area contributed by atoms with Gasteiger partial charge in [0.05, 0.1) is 34.5 Å². The first-order chi connectivity index (χ1) is 13.4. The predicted octanol–water partition coefficient (Wildman–Crippen LogP) is 3.44. The number of amides is 1. The zero-order chi connectivity index (χ0) is 20.7. The Labute approximate surface area is 165 Å². The molecule has 0 aliphatic carbocycles. The molecule has 0 saturated heterocycles. The molecule has 7 heteroatoms. The van der Waals surface area contributed by atoms with Crippen LogP contribution in [-0.2, 0) is 6.54 Å². The molecule has 2 aromatic carbocycles. The molecule has 0 atom stereocenters. The van der Waals surface area contributed by atoms with E-state index >= 15 is 0 Å². The van der Waals surface area contributed by atoms with Crippen LogP contribution in [0.1, 0.15) is 29.8 Å². The summed E-state index contributed by atoms with van der Waals surface area (Å²) in [5, 5.41) is 2.88. The maximum Gasteiger partial charge on any atom is 0.251 e. The van der Waals surface area contributed by atoms with Crippen LogP contribution in [0.2, 0.25) is 0 Å². The number of carbonyl (C=O) groups is 1. The van der Waals surface area contributed by atoms with Crippen LogP contribution in [0.5, 0.6) is 28.7 Å². The van der Waals surface area contributed by atoms with Crippen molar-refractivity contribution < 1.29 is 28.5 Å². The molecule has 2 aromatic rings. The summed E-state index contributed by atoms with van der Waals surface area (Å²) in [6.07, 6.45) is 0.0412. The van der Waals surface area contributed by atoms with Crippen LogP contribution in [0.3, 0.4) is 0 Å². The Kier molecular flexibility index (Phi) is 7.37. The number of methoxy groups -OCH3 is 4. The van der Waals surface area contributed by atoms with E-state index in [4.69, 9.17) is 23.7 Å². The van der Waals surface area contributed by atoms with Crippen LogP contribution in [0, 0.1) is 0 Å². The van der Waals surface area contributed by atoms with E-state index < -0.39 is 0 Å². The van der Waals surface area contributed by atoms with Gasteiger partial charge in [0, 0.05) is 12.1 Å². The topological polar surface area (TPSA) is 75.3 Å². The molecule has 1 amide bonds. The van der Waals surface area contributed by atoms with Crippen molar-refractivity contribution in [3.05, 3.63) is 41.5 Å². The van der Waals surface area contributed by atoms with E-state index in [9.17, 15) is 4.79 Å². The van der Waals surface area contributed by atoms with Gasteiger partial charge in [0.2, 0.25) is 5.75 Å². The Morgan fingerprint density at radius 1 is 0.857 bits per heavy atom. The molecule has 0 aromatic heterocycles. The van der Waals surface area contributed by atoms with Crippen LogP contribution in [0.25, 0.3) is 0 Å². The molecule has 152 valence electrons. The van der Waals surface area contributed by atoms with Crippen molar-refractivity contribution in [2.45, 2.75) is 26.5 Å². The fraction of sp³-hybridized carbons (Fsp3) is 0.381. The number of hydrogen-bond donors (Lipinski definition) is 1. The number of rotatable bonds is 9. The molecule has 7 nitrogen and oxygen atoms in total. The molecule has 2 rings (SSSR count). The quantitative estimate of drug-likeness (QED) is 0.708. The summed E-state index contributed by atoms with van der Waals surface area (Å²) in [6.45, 7) is 4.23. The monoisotopic (exact) mass is 389 g/mol. The van der Waals surface area contributed by atoms with Gasteiger partial charge in [0.25, 0.3) is 5.91 Å². The van der Waals surface area contributed by atoms with Crippen LogP contribution < -0.4 is 29.0 Å². The molecule has 0 bridgehead atoms. The molecular weight excluding hydrogens is 362 g/mol. The van der Waals surface area contributed by atoms with Gasteiger partial charge >= 0.3 is 0 Å². The minimum atomic E-state index is -0.263. The van der Waals surface area contributed by atoms with Gasteiger partial charge in [-0.3, -0.25) is 4.79 Å². The maximum atomic E-state index is 12.6. The third kappa shape index (κ3) is 5.00. The average molecular weight is 389 g/mol. The van der Waals surface area contributed by atoms with E-state index in [2.05, 4.69) is 5.32 Å². The van der Waals surface area contributed by atoms with Crippen LogP contribution in [0.15, 0.2) is 30.3 Å². The smallest absolute Gasteiger partial charge is 0.251 e. The van der Waals surface area contributed by atoms with Gasteiger partial charge in [-0.1, -0.05) is 6.07 Å². The molecule has 0 unspecified atom stereocenters. The summed E-state index contributed by atoms with van der Waals surface area (Å²) < 4.78 is 26.9. The van der Waals surface area contributed by atoms with Gasteiger partial charge in [-0.15, -0.1) is 0 Å². The van der Waals surface area contributed by atoms with E-state index in [-0.39, 0.29) is 12.0 Å². The summed E-state index contributed by atoms with van der Waals surface area (Å²) in [6, 6.07) is 8.77. The third-order valence-corrected chi connectivity index (χ3v) is 3.97. The van der Waals surface area contributed by atoms with Gasteiger partial charge in [0.15, 0.2) is 23.0 Å². The highest BCUT2D eigenvalue weighted by atomic mass is 16.5. The Hall–Kier alpha value is -3.09. The normalized spacial score (nSPS) is 10.4. The molecule has 0 spiro atoms. The molecule has 1 N–H and O–H groups in total. The lowest BCUT2D eigenvalue weighted by atomic mass is 10.1. The van der Waals surface area contributed by atoms with E-state index in [0.717, 1.165) is 5.56 Å². The molecule has 0 heterocycles. The predicted molar refractivity (Wildman–Crippen MR) is 106 cm³/mol. The summed E-state index contributed by atoms with van der Waals surface area (Å²) in [5.41, 5.74) is 1.29. The molecule has 0 aliphatic rings. The van der Waals surface area contributed by atoms with Gasteiger partial charge < -0.3 is 29.0 Å². The van der Waals surface area contributed by atoms with E-state index in [1.165, 1.54) is 21.3 Å². The number of ether oxygens (including phenoxy) is 5. The standard InChI is InChI=1S/C21H27NO6/c1-13(2)28-16-8-7-14(9-17(16)24-3)12-22-21(23)15-10-18(25-4)20(27-6)19(11-15)26-5/h7-11,13H,12H2,1-6H3,(H,22,23). The van der Waals surface area contributed by atoms with Crippen LogP contribution in [-0.4, -0.2) is 40.5 Å². The lowest BCUT2D eigenvalue weighted by Gasteiger charge is -2.15. The highest BCUT2D eigenvalue weighted by Gasteiger charge is 2.17. The van der Waals surface area contributed by atoms with Gasteiger partial charge in [0.1, 0.15) is 0 Å². The molecule has 28 heavy (non-hydrogen) atoms. The van der Waals surface area contributed by atoms with E-state index in [0.29, 0.717) is 40.9 Å². The first-order valence-electron chi connectivity index (χ1n) is 8.85. The Balaban J connectivity index is 2.16. The van der Waals surface area contributed by atoms with E-state index in [1.54, 1.807) is 19.2 Å². The lowest BCUT2D eigenvalue weighted by molar-refractivity contribution is 0.0950. The first kappa shape index (κ1) is 21.2. The molecular formula is C21H27NO6. The zero-order valence-corrected chi connectivity index (χ0v) is 17.1. The largest absolute Gasteiger partial charge is 0.493 e.